The van der Waals surface area contributed by atoms with Crippen LogP contribution in [0.3, 0.4) is 0 Å². The van der Waals surface area contributed by atoms with E-state index in [1.54, 1.807) is 6.07 Å². The molecule has 0 amide bonds. The highest BCUT2D eigenvalue weighted by Gasteiger charge is 2.18. The number of unbranched alkanes of at least 4 members (excludes halogenated alkanes) is 2. The van der Waals surface area contributed by atoms with Crippen molar-refractivity contribution < 1.29 is 22.6 Å². The molecule has 0 N–H and O–H groups in total. The third kappa shape index (κ3) is 10.9. The molecule has 0 radical (unpaired) electrons. The summed E-state index contributed by atoms with van der Waals surface area (Å²) in [5.74, 6) is 0.116. The van der Waals surface area contributed by atoms with E-state index < -0.39 is 9.84 Å². The van der Waals surface area contributed by atoms with Gasteiger partial charge in [0.1, 0.15) is 0 Å². The van der Waals surface area contributed by atoms with Crippen molar-refractivity contribution in [1.29, 1.82) is 0 Å². The molecule has 0 unspecified atom stereocenters. The number of sulfone groups is 1. The fourth-order valence-electron chi connectivity index (χ4n) is 3.93. The van der Waals surface area contributed by atoms with Gasteiger partial charge in [-0.05, 0) is 43.2 Å². The van der Waals surface area contributed by atoms with Gasteiger partial charge in [0, 0.05) is 43.8 Å². The Morgan fingerprint density at radius 3 is 1.86 bits per heavy atom. The standard InChI is InChI=1S/C28H45NO5S/c1-28(2,3)16-6-7-17-32-19-21-34-22-20-33-18-8-9-23-35(30,31)27-15-11-12-24-25(27)13-10-14-26(24)29(4)5/h10-15H,6-9,16-23H2,1-5H3. The van der Waals surface area contributed by atoms with Gasteiger partial charge < -0.3 is 19.1 Å². The molecule has 2 rings (SSSR count). The molecule has 0 saturated heterocycles. The lowest BCUT2D eigenvalue weighted by Crippen LogP contribution is -2.12. The maximum atomic E-state index is 13.0. The van der Waals surface area contributed by atoms with Gasteiger partial charge in [-0.1, -0.05) is 51.5 Å². The van der Waals surface area contributed by atoms with E-state index in [2.05, 4.69) is 20.8 Å². The first-order valence-corrected chi connectivity index (χ1v) is 14.4. The van der Waals surface area contributed by atoms with E-state index in [4.69, 9.17) is 14.2 Å². The second kappa shape index (κ2) is 14.8. The van der Waals surface area contributed by atoms with E-state index in [0.717, 1.165) is 29.5 Å². The Morgan fingerprint density at radius 1 is 0.714 bits per heavy atom. The number of hydrogen-bond donors (Lipinski definition) is 0. The lowest BCUT2D eigenvalue weighted by Gasteiger charge is -2.17. The number of anilines is 1. The van der Waals surface area contributed by atoms with Crippen molar-refractivity contribution in [2.45, 2.75) is 57.8 Å². The number of fused-ring (bicyclic) bond motifs is 1. The Kier molecular flexibility index (Phi) is 12.5. The van der Waals surface area contributed by atoms with Crippen molar-refractivity contribution in [2.75, 3.05) is 64.4 Å². The van der Waals surface area contributed by atoms with Crippen LogP contribution in [0.4, 0.5) is 5.69 Å². The normalized spacial score (nSPS) is 12.4. The van der Waals surface area contributed by atoms with Crippen LogP contribution in [-0.4, -0.2) is 67.9 Å². The highest BCUT2D eigenvalue weighted by molar-refractivity contribution is 7.91. The Morgan fingerprint density at radius 2 is 1.26 bits per heavy atom. The zero-order chi connectivity index (χ0) is 25.7. The van der Waals surface area contributed by atoms with Crippen molar-refractivity contribution in [1.82, 2.24) is 0 Å². The summed E-state index contributed by atoms with van der Waals surface area (Å²) in [5, 5.41) is 1.73. The molecular weight excluding hydrogens is 462 g/mol. The predicted molar refractivity (Wildman–Crippen MR) is 145 cm³/mol. The van der Waals surface area contributed by atoms with Gasteiger partial charge in [-0.3, -0.25) is 0 Å². The van der Waals surface area contributed by atoms with Crippen LogP contribution < -0.4 is 4.90 Å². The van der Waals surface area contributed by atoms with E-state index in [9.17, 15) is 8.42 Å². The van der Waals surface area contributed by atoms with Gasteiger partial charge in [0.25, 0.3) is 0 Å². The van der Waals surface area contributed by atoms with Crippen LogP contribution in [0.2, 0.25) is 0 Å². The minimum absolute atomic E-state index is 0.116. The summed E-state index contributed by atoms with van der Waals surface area (Å²) < 4.78 is 42.7. The predicted octanol–water partition coefficient (Wildman–Crippen LogP) is 5.73. The lowest BCUT2D eigenvalue weighted by atomic mass is 9.90. The Hall–Kier alpha value is -1.67. The molecule has 0 aromatic heterocycles. The molecule has 0 fully saturated rings. The van der Waals surface area contributed by atoms with Gasteiger partial charge in [-0.25, -0.2) is 8.42 Å². The monoisotopic (exact) mass is 507 g/mol. The van der Waals surface area contributed by atoms with Crippen molar-refractivity contribution in [3.05, 3.63) is 36.4 Å². The molecule has 35 heavy (non-hydrogen) atoms. The van der Waals surface area contributed by atoms with Crippen molar-refractivity contribution in [3.8, 4) is 0 Å². The molecule has 198 valence electrons. The molecule has 7 heteroatoms. The van der Waals surface area contributed by atoms with Gasteiger partial charge in [0.15, 0.2) is 9.84 Å². The van der Waals surface area contributed by atoms with Gasteiger partial charge in [0.2, 0.25) is 0 Å². The molecule has 0 atom stereocenters. The number of rotatable bonds is 17. The topological polar surface area (TPSA) is 65.1 Å². The minimum Gasteiger partial charge on any atom is -0.379 e. The van der Waals surface area contributed by atoms with Crippen LogP contribution in [-0.2, 0) is 24.0 Å². The van der Waals surface area contributed by atoms with E-state index in [1.165, 1.54) is 12.8 Å². The second-order valence-corrected chi connectivity index (χ2v) is 12.5. The number of benzene rings is 2. The zero-order valence-corrected chi connectivity index (χ0v) is 23.2. The van der Waals surface area contributed by atoms with Gasteiger partial charge in [0.05, 0.1) is 37.1 Å². The third-order valence-corrected chi connectivity index (χ3v) is 7.69. The van der Waals surface area contributed by atoms with E-state index in [1.807, 2.05) is 49.3 Å². The van der Waals surface area contributed by atoms with Gasteiger partial charge >= 0.3 is 0 Å². The fraction of sp³-hybridized carbons (Fsp3) is 0.643. The molecule has 6 nitrogen and oxygen atoms in total. The first-order valence-electron chi connectivity index (χ1n) is 12.8. The van der Waals surface area contributed by atoms with Crippen LogP contribution >= 0.6 is 0 Å². The maximum Gasteiger partial charge on any atom is 0.178 e. The SMILES string of the molecule is CN(C)c1cccc2c(S(=O)(=O)CCCCOCCOCCOCCCCC(C)(C)C)cccc12. The van der Waals surface area contributed by atoms with Crippen LogP contribution in [0, 0.1) is 5.41 Å². The van der Waals surface area contributed by atoms with E-state index in [-0.39, 0.29) is 5.75 Å². The molecule has 0 saturated carbocycles. The summed E-state index contributed by atoms with van der Waals surface area (Å²) in [6.45, 7) is 10.3. The molecule has 0 aliphatic carbocycles. The highest BCUT2D eigenvalue weighted by Crippen LogP contribution is 2.31. The van der Waals surface area contributed by atoms with Crippen LogP contribution in [0.5, 0.6) is 0 Å². The molecule has 2 aromatic rings. The molecule has 2 aromatic carbocycles. The molecule has 0 spiro atoms. The summed E-state index contributed by atoms with van der Waals surface area (Å²) in [6.07, 6.45) is 4.77. The molecule has 0 heterocycles. The van der Waals surface area contributed by atoms with Crippen LogP contribution in [0.15, 0.2) is 41.3 Å². The first-order chi connectivity index (χ1) is 16.6. The zero-order valence-electron chi connectivity index (χ0n) is 22.3. The average Bonchev–Trinajstić information content (AvgIpc) is 2.79. The van der Waals surface area contributed by atoms with E-state index >= 15 is 0 Å². The average molecular weight is 508 g/mol. The van der Waals surface area contributed by atoms with Crippen molar-refractivity contribution >= 4 is 26.3 Å². The van der Waals surface area contributed by atoms with Crippen molar-refractivity contribution in [3.63, 3.8) is 0 Å². The smallest absolute Gasteiger partial charge is 0.178 e. The third-order valence-electron chi connectivity index (χ3n) is 5.84. The summed E-state index contributed by atoms with van der Waals surface area (Å²) in [7, 11) is 0.561. The summed E-state index contributed by atoms with van der Waals surface area (Å²) in [6, 6.07) is 11.3. The fourth-order valence-corrected chi connectivity index (χ4v) is 5.54. The second-order valence-electron chi connectivity index (χ2n) is 10.4. The lowest BCUT2D eigenvalue weighted by molar-refractivity contribution is 0.0132. The number of nitrogens with zero attached hydrogens (tertiary/aromatic N) is 1. The van der Waals surface area contributed by atoms with Gasteiger partial charge in [-0.15, -0.1) is 0 Å². The Balaban J connectivity index is 1.57. The molecule has 0 aliphatic rings. The number of hydrogen-bond acceptors (Lipinski definition) is 6. The molecule has 0 aliphatic heterocycles. The van der Waals surface area contributed by atoms with Crippen LogP contribution in [0.25, 0.3) is 10.8 Å². The summed E-state index contributed by atoms with van der Waals surface area (Å²) >= 11 is 0. The summed E-state index contributed by atoms with van der Waals surface area (Å²) in [5.41, 5.74) is 1.41. The maximum absolute atomic E-state index is 13.0. The quantitative estimate of drug-likeness (QED) is 0.255. The Labute approximate surface area is 212 Å². The van der Waals surface area contributed by atoms with Gasteiger partial charge in [-0.2, -0.15) is 0 Å². The summed E-state index contributed by atoms with van der Waals surface area (Å²) in [4.78, 5) is 2.41. The minimum atomic E-state index is -3.37. The van der Waals surface area contributed by atoms with Crippen molar-refractivity contribution in [2.24, 2.45) is 5.41 Å². The largest absolute Gasteiger partial charge is 0.379 e. The van der Waals surface area contributed by atoms with E-state index in [0.29, 0.717) is 56.2 Å². The molecular formula is C28H45NO5S. The number of ether oxygens (including phenoxy) is 3. The first kappa shape index (κ1) is 29.6. The van der Waals surface area contributed by atoms with Crippen LogP contribution in [0.1, 0.15) is 52.9 Å². The molecule has 0 bridgehead atoms. The Bertz CT molecular complexity index is 982. The highest BCUT2D eigenvalue weighted by atomic mass is 32.2.